The van der Waals surface area contributed by atoms with Crippen LogP contribution in [0.15, 0.2) is 152 Å². The van der Waals surface area contributed by atoms with Gasteiger partial charge in [0.1, 0.15) is 0 Å². The molecule has 0 saturated carbocycles. The molecule has 0 atom stereocenters. The van der Waals surface area contributed by atoms with Gasteiger partial charge >= 0.3 is 0 Å². The number of aryl methyl sites for hydroxylation is 7. The molecule has 4 heteroatoms. The smallest absolute Gasteiger partial charge is 0.0716 e. The van der Waals surface area contributed by atoms with E-state index in [1.807, 2.05) is 28.2 Å². The minimum absolute atomic E-state index is 0.337. The summed E-state index contributed by atoms with van der Waals surface area (Å²) in [5.41, 5.74) is 29.2. The van der Waals surface area contributed by atoms with Gasteiger partial charge in [-0.25, -0.2) is 0 Å². The SMILES string of the molecule is CNc1c(C)cc(C2(c3cc(C)c(NC)c(C)c3)c3cccc(C)c3-c3cccc(C)c32)cc1C.CNc1ccc(C2(c3ccc(NC)cc3)c3ccccc3-c3c(C)cccc32)cc1. The van der Waals surface area contributed by atoms with Crippen molar-refractivity contribution in [2.75, 3.05) is 49.5 Å². The molecule has 4 N–H and O–H groups in total. The number of anilines is 4. The average Bonchev–Trinajstić information content (AvgIpc) is 3.80. The Kier molecular flexibility index (Phi) is 11.2. The van der Waals surface area contributed by atoms with Gasteiger partial charge in [-0.3, -0.25) is 0 Å². The Morgan fingerprint density at radius 2 is 0.692 bits per heavy atom. The molecule has 0 spiro atoms. The molecular weight excluding hydrogens is 789 g/mol. The molecule has 0 saturated heterocycles. The number of hydrogen-bond donors (Lipinski definition) is 4. The monoisotopic (exact) mass is 850 g/mol. The standard InChI is InChI=1S/C33H36N2.C28H26N2/c1-19-11-10-14-28-29(19)27-13-9-12-20(2)30(27)33(28,25-15-21(3)31(34-7)22(4)16-25)26-17-23(5)32(35-8)24(6)18-26;1-19-7-6-10-26-27(19)24-8-4-5-9-25(24)28(26,20-11-15-22(29-2)16-12-20)21-13-17-23(30-3)18-14-21/h9-18,34-35H,1-8H3;4-18,29-30H,1-3H3. The Bertz CT molecular complexity index is 2950. The van der Waals surface area contributed by atoms with Crippen LogP contribution in [0, 0.1) is 48.5 Å². The van der Waals surface area contributed by atoms with Crippen LogP contribution in [-0.4, -0.2) is 28.2 Å². The van der Waals surface area contributed by atoms with E-state index in [-0.39, 0.29) is 10.8 Å². The predicted octanol–water partition coefficient (Wildman–Crippen LogP) is 14.4. The first-order valence-electron chi connectivity index (χ1n) is 23.0. The van der Waals surface area contributed by atoms with Crippen molar-refractivity contribution in [2.45, 2.75) is 59.3 Å². The summed E-state index contributed by atoms with van der Waals surface area (Å²) in [6.45, 7) is 15.6. The summed E-state index contributed by atoms with van der Waals surface area (Å²) in [5, 5.41) is 13.3. The molecule has 326 valence electrons. The topological polar surface area (TPSA) is 48.1 Å². The summed E-state index contributed by atoms with van der Waals surface area (Å²) in [7, 11) is 7.96. The molecule has 65 heavy (non-hydrogen) atoms. The van der Waals surface area contributed by atoms with E-state index in [1.54, 1.807) is 0 Å². The Hall–Kier alpha value is -7.04. The second-order valence-electron chi connectivity index (χ2n) is 18.2. The fourth-order valence-corrected chi connectivity index (χ4v) is 11.8. The summed E-state index contributed by atoms with van der Waals surface area (Å²) in [5.74, 6) is 0. The molecule has 0 aliphatic heterocycles. The van der Waals surface area contributed by atoms with Gasteiger partial charge in [-0.1, -0.05) is 127 Å². The maximum atomic E-state index is 3.42. The largest absolute Gasteiger partial charge is 0.388 e. The maximum absolute atomic E-state index is 3.42. The van der Waals surface area contributed by atoms with Crippen LogP contribution >= 0.6 is 0 Å². The zero-order valence-corrected chi connectivity index (χ0v) is 39.9. The Morgan fingerprint density at radius 3 is 1.15 bits per heavy atom. The second kappa shape index (κ2) is 16.8. The summed E-state index contributed by atoms with van der Waals surface area (Å²) in [4.78, 5) is 0. The predicted molar refractivity (Wildman–Crippen MR) is 279 cm³/mol. The highest BCUT2D eigenvalue weighted by Gasteiger charge is 2.49. The van der Waals surface area contributed by atoms with Crippen molar-refractivity contribution in [3.63, 3.8) is 0 Å². The summed E-state index contributed by atoms with van der Waals surface area (Å²) < 4.78 is 0. The van der Waals surface area contributed by atoms with Crippen LogP contribution in [0.5, 0.6) is 0 Å². The molecule has 8 aromatic carbocycles. The summed E-state index contributed by atoms with van der Waals surface area (Å²) in [6.07, 6.45) is 0. The molecule has 0 fully saturated rings. The van der Waals surface area contributed by atoms with Gasteiger partial charge in [0.25, 0.3) is 0 Å². The summed E-state index contributed by atoms with van der Waals surface area (Å²) in [6, 6.07) is 56.7. The molecule has 0 bridgehead atoms. The summed E-state index contributed by atoms with van der Waals surface area (Å²) >= 11 is 0. The van der Waals surface area contributed by atoms with Gasteiger partial charge in [-0.05, 0) is 178 Å². The van der Waals surface area contributed by atoms with Crippen molar-refractivity contribution >= 4 is 22.7 Å². The van der Waals surface area contributed by atoms with Crippen LogP contribution in [0.2, 0.25) is 0 Å². The van der Waals surface area contributed by atoms with Gasteiger partial charge in [-0.15, -0.1) is 0 Å². The fraction of sp³-hybridized carbons (Fsp3) is 0.213. The van der Waals surface area contributed by atoms with Crippen LogP contribution < -0.4 is 21.3 Å². The lowest BCUT2D eigenvalue weighted by molar-refractivity contribution is 0.757. The molecule has 0 amide bonds. The second-order valence-corrected chi connectivity index (χ2v) is 18.2. The molecular formula is C61H62N4. The quantitative estimate of drug-likeness (QED) is 0.123. The van der Waals surface area contributed by atoms with E-state index in [9.17, 15) is 0 Å². The van der Waals surface area contributed by atoms with Crippen LogP contribution in [-0.2, 0) is 10.8 Å². The van der Waals surface area contributed by atoms with Gasteiger partial charge < -0.3 is 21.3 Å². The zero-order chi connectivity index (χ0) is 45.8. The zero-order valence-electron chi connectivity index (χ0n) is 39.9. The molecule has 2 aliphatic carbocycles. The fourth-order valence-electron chi connectivity index (χ4n) is 11.8. The molecule has 10 rings (SSSR count). The van der Waals surface area contributed by atoms with E-state index in [0.29, 0.717) is 0 Å². The van der Waals surface area contributed by atoms with Gasteiger partial charge in [0.05, 0.1) is 10.8 Å². The van der Waals surface area contributed by atoms with E-state index in [4.69, 9.17) is 0 Å². The normalized spacial score (nSPS) is 13.4. The van der Waals surface area contributed by atoms with E-state index >= 15 is 0 Å². The van der Waals surface area contributed by atoms with Crippen molar-refractivity contribution < 1.29 is 0 Å². The first-order valence-corrected chi connectivity index (χ1v) is 23.0. The van der Waals surface area contributed by atoms with Gasteiger partial charge in [0, 0.05) is 50.9 Å². The third-order valence-electron chi connectivity index (χ3n) is 14.5. The van der Waals surface area contributed by atoms with Crippen molar-refractivity contribution in [3.8, 4) is 22.3 Å². The molecule has 8 aromatic rings. The van der Waals surface area contributed by atoms with E-state index in [0.717, 1.165) is 11.4 Å². The van der Waals surface area contributed by atoms with Crippen LogP contribution in [0.1, 0.15) is 83.5 Å². The van der Waals surface area contributed by atoms with Crippen molar-refractivity contribution in [3.05, 3.63) is 235 Å². The number of fused-ring (bicyclic) bond motifs is 6. The third-order valence-corrected chi connectivity index (χ3v) is 14.5. The van der Waals surface area contributed by atoms with E-state index in [1.165, 1.54) is 117 Å². The highest BCUT2D eigenvalue weighted by atomic mass is 14.8. The number of rotatable bonds is 8. The highest BCUT2D eigenvalue weighted by Crippen LogP contribution is 2.60. The van der Waals surface area contributed by atoms with Gasteiger partial charge in [-0.2, -0.15) is 0 Å². The Morgan fingerprint density at radius 1 is 0.308 bits per heavy atom. The molecule has 0 unspecified atom stereocenters. The van der Waals surface area contributed by atoms with Crippen LogP contribution in [0.4, 0.5) is 22.7 Å². The Labute approximate surface area is 387 Å². The van der Waals surface area contributed by atoms with E-state index < -0.39 is 0 Å². The van der Waals surface area contributed by atoms with Crippen LogP contribution in [0.25, 0.3) is 22.3 Å². The van der Waals surface area contributed by atoms with Crippen molar-refractivity contribution in [1.29, 1.82) is 0 Å². The van der Waals surface area contributed by atoms with Gasteiger partial charge in [0.15, 0.2) is 0 Å². The number of hydrogen-bond acceptors (Lipinski definition) is 4. The van der Waals surface area contributed by atoms with Crippen molar-refractivity contribution in [2.24, 2.45) is 0 Å². The minimum atomic E-state index is -0.383. The van der Waals surface area contributed by atoms with Crippen LogP contribution in [0.3, 0.4) is 0 Å². The minimum Gasteiger partial charge on any atom is -0.388 e. The molecule has 4 nitrogen and oxygen atoms in total. The lowest BCUT2D eigenvalue weighted by Gasteiger charge is -2.36. The van der Waals surface area contributed by atoms with E-state index in [2.05, 4.69) is 221 Å². The van der Waals surface area contributed by atoms with Crippen molar-refractivity contribution in [1.82, 2.24) is 0 Å². The lowest BCUT2D eigenvalue weighted by Crippen LogP contribution is -2.30. The molecule has 2 aliphatic rings. The highest BCUT2D eigenvalue weighted by molar-refractivity contribution is 5.90. The first kappa shape index (κ1) is 43.2. The third kappa shape index (κ3) is 6.56. The molecule has 0 heterocycles. The lowest BCUT2D eigenvalue weighted by atomic mass is 9.65. The average molecular weight is 851 g/mol. The Balaban J connectivity index is 0.000000166. The maximum Gasteiger partial charge on any atom is 0.0716 e. The number of nitrogens with one attached hydrogen (secondary N) is 4. The molecule has 0 radical (unpaired) electrons. The number of benzene rings is 8. The first-order chi connectivity index (χ1) is 31.4. The van der Waals surface area contributed by atoms with Gasteiger partial charge in [0.2, 0.25) is 0 Å². The molecule has 0 aromatic heterocycles.